The van der Waals surface area contributed by atoms with E-state index in [-0.39, 0.29) is 6.61 Å². The van der Waals surface area contributed by atoms with E-state index in [1.54, 1.807) is 18.0 Å². The van der Waals surface area contributed by atoms with Gasteiger partial charge >= 0.3 is 0 Å². The van der Waals surface area contributed by atoms with Crippen LogP contribution in [-0.2, 0) is 13.2 Å². The first kappa shape index (κ1) is 14.0. The van der Waals surface area contributed by atoms with E-state index in [1.165, 1.54) is 0 Å². The summed E-state index contributed by atoms with van der Waals surface area (Å²) in [6.07, 6.45) is 2.85. The van der Waals surface area contributed by atoms with Crippen molar-refractivity contribution in [3.8, 4) is 0 Å². The molecule has 0 unspecified atom stereocenters. The highest BCUT2D eigenvalue weighted by molar-refractivity contribution is 7.99. The van der Waals surface area contributed by atoms with E-state index in [1.807, 2.05) is 24.3 Å². The number of nitrogens with zero attached hydrogens (tertiary/aromatic N) is 2. The molecule has 0 aliphatic carbocycles. The first-order chi connectivity index (χ1) is 9.24. The van der Waals surface area contributed by atoms with Crippen LogP contribution in [0.25, 0.3) is 0 Å². The summed E-state index contributed by atoms with van der Waals surface area (Å²) in [7, 11) is 0. The molecule has 0 saturated heterocycles. The molecule has 0 fully saturated rings. The summed E-state index contributed by atoms with van der Waals surface area (Å²) >= 11 is 1.72. The second-order valence-electron chi connectivity index (χ2n) is 4.37. The molecular weight excluding hydrogens is 258 g/mol. The number of nitrogens with two attached hydrogens (primary N) is 1. The van der Waals surface area contributed by atoms with Crippen LogP contribution in [0.5, 0.6) is 0 Å². The smallest absolute Gasteiger partial charge is 0.168 e. The molecule has 4 nitrogen and oxygen atoms in total. The Morgan fingerprint density at radius 1 is 1.32 bits per heavy atom. The van der Waals surface area contributed by atoms with Crippen LogP contribution in [-0.4, -0.2) is 20.4 Å². The molecule has 0 aliphatic heterocycles. The number of aliphatic hydroxyl groups is 1. The summed E-state index contributed by atoms with van der Waals surface area (Å²) in [6.45, 7) is 2.87. The molecular formula is C14H19N3OS. The van der Waals surface area contributed by atoms with Crippen molar-refractivity contribution in [3.63, 3.8) is 0 Å². The van der Waals surface area contributed by atoms with E-state index in [4.69, 9.17) is 5.73 Å². The molecule has 0 radical (unpaired) electrons. The van der Waals surface area contributed by atoms with Gasteiger partial charge < -0.3 is 15.4 Å². The molecule has 0 amide bonds. The van der Waals surface area contributed by atoms with Crippen LogP contribution in [0.3, 0.4) is 0 Å². The van der Waals surface area contributed by atoms with Crippen LogP contribution in [0.4, 0.5) is 5.69 Å². The fourth-order valence-electron chi connectivity index (χ4n) is 1.80. The van der Waals surface area contributed by atoms with E-state index in [2.05, 4.69) is 16.5 Å². The number of anilines is 1. The Morgan fingerprint density at radius 2 is 2.05 bits per heavy atom. The van der Waals surface area contributed by atoms with Crippen molar-refractivity contribution in [1.82, 2.24) is 9.55 Å². The summed E-state index contributed by atoms with van der Waals surface area (Å²) in [5.74, 6) is 1.03. The van der Waals surface area contributed by atoms with E-state index < -0.39 is 0 Å². The highest BCUT2D eigenvalue weighted by Gasteiger charge is 2.10. The predicted octanol–water partition coefficient (Wildman–Crippen LogP) is 2.51. The topological polar surface area (TPSA) is 64.1 Å². The van der Waals surface area contributed by atoms with E-state index in [9.17, 15) is 5.11 Å². The Morgan fingerprint density at radius 3 is 2.68 bits per heavy atom. The number of hydrogen-bond donors (Lipinski definition) is 2. The first-order valence-corrected chi connectivity index (χ1v) is 7.35. The molecule has 102 valence electrons. The summed E-state index contributed by atoms with van der Waals surface area (Å²) < 4.78 is 2.06. The average Bonchev–Trinajstić information content (AvgIpc) is 2.81. The van der Waals surface area contributed by atoms with Crippen LogP contribution in [0, 0.1) is 0 Å². The summed E-state index contributed by atoms with van der Waals surface area (Å²) in [5, 5.41) is 10.4. The molecule has 0 atom stereocenters. The third kappa shape index (κ3) is 3.52. The van der Waals surface area contributed by atoms with Crippen LogP contribution < -0.4 is 5.73 Å². The fraction of sp³-hybridized carbons (Fsp3) is 0.357. The summed E-state index contributed by atoms with van der Waals surface area (Å²) in [6, 6.07) is 7.79. The summed E-state index contributed by atoms with van der Waals surface area (Å²) in [5.41, 5.74) is 8.45. The van der Waals surface area contributed by atoms with Gasteiger partial charge in [-0.2, -0.15) is 0 Å². The molecule has 1 heterocycles. The molecule has 0 spiro atoms. The largest absolute Gasteiger partial charge is 0.399 e. The summed E-state index contributed by atoms with van der Waals surface area (Å²) in [4.78, 5) is 4.38. The number of aromatic nitrogens is 2. The average molecular weight is 277 g/mol. The maximum atomic E-state index is 9.39. The van der Waals surface area contributed by atoms with Gasteiger partial charge in [-0.15, -0.1) is 0 Å². The predicted molar refractivity (Wildman–Crippen MR) is 79.1 cm³/mol. The second-order valence-corrected chi connectivity index (χ2v) is 5.43. The number of rotatable bonds is 6. The Kier molecular flexibility index (Phi) is 4.87. The zero-order valence-electron chi connectivity index (χ0n) is 11.0. The third-order valence-corrected chi connectivity index (χ3v) is 4.02. The fourth-order valence-corrected chi connectivity index (χ4v) is 2.65. The number of aliphatic hydroxyl groups excluding tert-OH is 1. The van der Waals surface area contributed by atoms with Crippen LogP contribution in [0.2, 0.25) is 0 Å². The van der Waals surface area contributed by atoms with Crippen molar-refractivity contribution in [2.45, 2.75) is 31.7 Å². The monoisotopic (exact) mass is 277 g/mol. The second kappa shape index (κ2) is 6.63. The van der Waals surface area contributed by atoms with Gasteiger partial charge in [0.25, 0.3) is 0 Å². The number of imidazole rings is 1. The lowest BCUT2D eigenvalue weighted by molar-refractivity contribution is 0.270. The van der Waals surface area contributed by atoms with Gasteiger partial charge in [0.05, 0.1) is 18.5 Å². The SMILES string of the molecule is CCCSc1ncc(CO)n1Cc1ccc(N)cc1. The van der Waals surface area contributed by atoms with Gasteiger partial charge in [0.1, 0.15) is 0 Å². The van der Waals surface area contributed by atoms with Crippen molar-refractivity contribution in [1.29, 1.82) is 0 Å². The van der Waals surface area contributed by atoms with Gasteiger partial charge in [-0.05, 0) is 24.1 Å². The molecule has 3 N–H and O–H groups in total. The normalized spacial score (nSPS) is 10.8. The van der Waals surface area contributed by atoms with Crippen molar-refractivity contribution in [2.75, 3.05) is 11.5 Å². The maximum Gasteiger partial charge on any atom is 0.168 e. The van der Waals surface area contributed by atoms with Crippen molar-refractivity contribution < 1.29 is 5.11 Å². The molecule has 5 heteroatoms. The van der Waals surface area contributed by atoms with Gasteiger partial charge in [-0.25, -0.2) is 4.98 Å². The maximum absolute atomic E-state index is 9.39. The van der Waals surface area contributed by atoms with Crippen molar-refractivity contribution >= 4 is 17.4 Å². The third-order valence-electron chi connectivity index (χ3n) is 2.82. The van der Waals surface area contributed by atoms with E-state index in [0.717, 1.165) is 34.3 Å². The standard InChI is InChI=1S/C14H19N3OS/c1-2-7-19-14-16-8-13(10-18)17(14)9-11-3-5-12(15)6-4-11/h3-6,8,18H,2,7,9-10,15H2,1H3. The lowest BCUT2D eigenvalue weighted by atomic mass is 10.2. The van der Waals surface area contributed by atoms with E-state index in [0.29, 0.717) is 6.54 Å². The molecule has 2 rings (SSSR count). The highest BCUT2D eigenvalue weighted by Crippen LogP contribution is 2.21. The van der Waals surface area contributed by atoms with Gasteiger partial charge in [-0.1, -0.05) is 30.8 Å². The molecule has 2 aromatic rings. The van der Waals surface area contributed by atoms with Crippen LogP contribution in [0.15, 0.2) is 35.6 Å². The molecule has 0 aliphatic rings. The van der Waals surface area contributed by atoms with E-state index >= 15 is 0 Å². The minimum absolute atomic E-state index is 0.00859. The number of benzene rings is 1. The molecule has 0 saturated carbocycles. The minimum Gasteiger partial charge on any atom is -0.399 e. The molecule has 19 heavy (non-hydrogen) atoms. The quantitative estimate of drug-likeness (QED) is 0.629. The molecule has 1 aromatic heterocycles. The lowest BCUT2D eigenvalue weighted by Gasteiger charge is -2.10. The zero-order valence-corrected chi connectivity index (χ0v) is 11.9. The van der Waals surface area contributed by atoms with Gasteiger partial charge in [0.2, 0.25) is 0 Å². The van der Waals surface area contributed by atoms with Crippen molar-refractivity contribution in [2.24, 2.45) is 0 Å². The minimum atomic E-state index is 0.00859. The lowest BCUT2D eigenvalue weighted by Crippen LogP contribution is -2.06. The Balaban J connectivity index is 2.21. The van der Waals surface area contributed by atoms with Crippen molar-refractivity contribution in [3.05, 3.63) is 41.7 Å². The van der Waals surface area contributed by atoms with Gasteiger partial charge in [0, 0.05) is 18.0 Å². The number of hydrogen-bond acceptors (Lipinski definition) is 4. The van der Waals surface area contributed by atoms with Gasteiger partial charge in [0.15, 0.2) is 5.16 Å². The zero-order chi connectivity index (χ0) is 13.7. The first-order valence-electron chi connectivity index (χ1n) is 6.37. The van der Waals surface area contributed by atoms with Crippen LogP contribution in [0.1, 0.15) is 24.6 Å². The number of thioether (sulfide) groups is 1. The molecule has 1 aromatic carbocycles. The van der Waals surface area contributed by atoms with Crippen LogP contribution >= 0.6 is 11.8 Å². The Labute approximate surface area is 117 Å². The Bertz CT molecular complexity index is 522. The molecule has 0 bridgehead atoms. The number of nitrogen functional groups attached to an aromatic ring is 1. The highest BCUT2D eigenvalue weighted by atomic mass is 32.2. The van der Waals surface area contributed by atoms with Gasteiger partial charge in [-0.3, -0.25) is 0 Å². The Hall–Kier alpha value is -1.46.